The number of hydrogen-bond donors (Lipinski definition) is 2. The molecule has 0 bridgehead atoms. The van der Waals surface area contributed by atoms with Crippen molar-refractivity contribution in [3.05, 3.63) is 125 Å². The van der Waals surface area contributed by atoms with Gasteiger partial charge in [0.2, 0.25) is 0 Å². The largest absolute Gasteiger partial charge is 0.465 e. The van der Waals surface area contributed by atoms with Crippen LogP contribution in [-0.4, -0.2) is 11.8 Å². The number of nitrogens with one attached hydrogen (secondary N) is 2. The zero-order valence-corrected chi connectivity index (χ0v) is 19.5. The van der Waals surface area contributed by atoms with Crippen molar-refractivity contribution in [3.63, 3.8) is 0 Å². The fraction of sp³-hybridized carbons (Fsp3) is 0.0714. The predicted octanol–water partition coefficient (Wildman–Crippen LogP) is 6.29. The van der Waals surface area contributed by atoms with Gasteiger partial charge >= 0.3 is 0 Å². The Kier molecular flexibility index (Phi) is 7.63. The van der Waals surface area contributed by atoms with Gasteiger partial charge in [-0.2, -0.15) is 0 Å². The molecule has 5 nitrogen and oxygen atoms in total. The van der Waals surface area contributed by atoms with Crippen LogP contribution in [0.1, 0.15) is 27.2 Å². The summed E-state index contributed by atoms with van der Waals surface area (Å²) in [6.07, 6.45) is 3.02. The zero-order valence-electron chi connectivity index (χ0n) is 18.7. The third-order valence-corrected chi connectivity index (χ3v) is 6.05. The van der Waals surface area contributed by atoms with Crippen LogP contribution in [0.25, 0.3) is 6.08 Å². The number of benzene rings is 3. The molecule has 0 aliphatic carbocycles. The van der Waals surface area contributed by atoms with E-state index < -0.39 is 5.91 Å². The Morgan fingerprint density at radius 2 is 1.71 bits per heavy atom. The second kappa shape index (κ2) is 11.2. The predicted molar refractivity (Wildman–Crippen MR) is 136 cm³/mol. The molecule has 0 aliphatic rings. The van der Waals surface area contributed by atoms with Gasteiger partial charge in [0.1, 0.15) is 11.5 Å². The highest BCUT2D eigenvalue weighted by Gasteiger charge is 2.16. The van der Waals surface area contributed by atoms with Crippen molar-refractivity contribution in [1.29, 1.82) is 0 Å². The molecule has 4 rings (SSSR count). The molecule has 4 aromatic rings. The number of carbonyl (C=O) groups is 2. The minimum Gasteiger partial charge on any atom is -0.465 e. The molecule has 0 fully saturated rings. The van der Waals surface area contributed by atoms with E-state index in [1.807, 2.05) is 55.5 Å². The standard InChI is InChI=1S/C28H24N2O3S/c1-20-7-5-8-22(17-20)27(31)30-26(18-24-9-6-16-33-24)28(32)29-23-14-12-21(13-15-23)19-34-25-10-3-2-4-11-25/h2-18H,19H2,1H3,(H,29,32)(H,30,31)/b26-18-. The van der Waals surface area contributed by atoms with Gasteiger partial charge in [0.25, 0.3) is 11.8 Å². The van der Waals surface area contributed by atoms with Gasteiger partial charge in [0.15, 0.2) is 0 Å². The topological polar surface area (TPSA) is 71.3 Å². The normalized spacial score (nSPS) is 11.1. The van der Waals surface area contributed by atoms with E-state index in [1.165, 1.54) is 17.2 Å². The number of hydrogen-bond acceptors (Lipinski definition) is 4. The first-order valence-corrected chi connectivity index (χ1v) is 11.8. The summed E-state index contributed by atoms with van der Waals surface area (Å²) in [6.45, 7) is 1.91. The van der Waals surface area contributed by atoms with E-state index >= 15 is 0 Å². The van der Waals surface area contributed by atoms with Crippen molar-refractivity contribution in [2.45, 2.75) is 17.6 Å². The molecule has 3 aromatic carbocycles. The van der Waals surface area contributed by atoms with E-state index in [2.05, 4.69) is 22.8 Å². The zero-order chi connectivity index (χ0) is 23.8. The second-order valence-corrected chi connectivity index (χ2v) is 8.70. The first-order chi connectivity index (χ1) is 16.6. The van der Waals surface area contributed by atoms with E-state index in [0.717, 1.165) is 16.9 Å². The van der Waals surface area contributed by atoms with Gasteiger partial charge in [-0.25, -0.2) is 0 Å². The number of aryl methyl sites for hydroxylation is 1. The van der Waals surface area contributed by atoms with Crippen molar-refractivity contribution >= 4 is 35.3 Å². The summed E-state index contributed by atoms with van der Waals surface area (Å²) in [5, 5.41) is 5.57. The number of carbonyl (C=O) groups excluding carboxylic acids is 2. The number of rotatable bonds is 8. The second-order valence-electron chi connectivity index (χ2n) is 7.65. The molecule has 0 saturated carbocycles. The van der Waals surface area contributed by atoms with Crippen LogP contribution in [0, 0.1) is 6.92 Å². The maximum atomic E-state index is 13.0. The Morgan fingerprint density at radius 1 is 0.912 bits per heavy atom. The molecule has 1 heterocycles. The highest BCUT2D eigenvalue weighted by atomic mass is 32.2. The fourth-order valence-corrected chi connectivity index (χ4v) is 4.10. The number of amides is 2. The van der Waals surface area contributed by atoms with E-state index in [4.69, 9.17) is 4.42 Å². The lowest BCUT2D eigenvalue weighted by Crippen LogP contribution is -2.30. The highest BCUT2D eigenvalue weighted by molar-refractivity contribution is 7.98. The fourth-order valence-electron chi connectivity index (χ4n) is 3.22. The van der Waals surface area contributed by atoms with Crippen molar-refractivity contribution in [1.82, 2.24) is 5.32 Å². The van der Waals surface area contributed by atoms with Crippen LogP contribution in [0.4, 0.5) is 5.69 Å². The summed E-state index contributed by atoms with van der Waals surface area (Å²) in [7, 11) is 0. The molecule has 170 valence electrons. The number of furan rings is 1. The third kappa shape index (κ3) is 6.49. The van der Waals surface area contributed by atoms with Crippen LogP contribution in [0.15, 0.2) is 112 Å². The molecule has 2 N–H and O–H groups in total. The molecule has 0 spiro atoms. The maximum Gasteiger partial charge on any atom is 0.272 e. The quantitative estimate of drug-likeness (QED) is 0.235. The van der Waals surface area contributed by atoms with Gasteiger partial charge in [0, 0.05) is 28.0 Å². The lowest BCUT2D eigenvalue weighted by molar-refractivity contribution is -0.113. The molecule has 0 saturated heterocycles. The average Bonchev–Trinajstić information content (AvgIpc) is 3.37. The summed E-state index contributed by atoms with van der Waals surface area (Å²) in [4.78, 5) is 27.0. The molecular weight excluding hydrogens is 444 g/mol. The van der Waals surface area contributed by atoms with Gasteiger partial charge < -0.3 is 15.1 Å². The first-order valence-electron chi connectivity index (χ1n) is 10.8. The Labute approximate surface area is 202 Å². The Hall–Kier alpha value is -4.03. The molecule has 34 heavy (non-hydrogen) atoms. The molecule has 2 amide bonds. The molecule has 0 unspecified atom stereocenters. The van der Waals surface area contributed by atoms with Crippen molar-refractivity contribution < 1.29 is 14.0 Å². The molecular formula is C28H24N2O3S. The lowest BCUT2D eigenvalue weighted by Gasteiger charge is -2.12. The summed E-state index contributed by atoms with van der Waals surface area (Å²) in [5.41, 5.74) is 3.29. The summed E-state index contributed by atoms with van der Waals surface area (Å²) < 4.78 is 5.34. The van der Waals surface area contributed by atoms with E-state index in [9.17, 15) is 9.59 Å². The van der Waals surface area contributed by atoms with Crippen LogP contribution < -0.4 is 10.6 Å². The van der Waals surface area contributed by atoms with Gasteiger partial charge in [-0.1, -0.05) is 48.0 Å². The molecule has 6 heteroatoms. The molecule has 0 aliphatic heterocycles. The number of thioether (sulfide) groups is 1. The smallest absolute Gasteiger partial charge is 0.272 e. The van der Waals surface area contributed by atoms with E-state index in [1.54, 1.807) is 42.1 Å². The van der Waals surface area contributed by atoms with Crippen LogP contribution >= 0.6 is 11.8 Å². The van der Waals surface area contributed by atoms with Crippen LogP contribution in [0.5, 0.6) is 0 Å². The van der Waals surface area contributed by atoms with E-state index in [0.29, 0.717) is 17.0 Å². The molecule has 1 aromatic heterocycles. The lowest BCUT2D eigenvalue weighted by atomic mass is 10.1. The first kappa shape index (κ1) is 23.1. The monoisotopic (exact) mass is 468 g/mol. The van der Waals surface area contributed by atoms with Gasteiger partial charge in [-0.05, 0) is 61.0 Å². The Bertz CT molecular complexity index is 1280. The van der Waals surface area contributed by atoms with Crippen LogP contribution in [0.3, 0.4) is 0 Å². The van der Waals surface area contributed by atoms with Gasteiger partial charge in [-0.3, -0.25) is 9.59 Å². The summed E-state index contributed by atoms with van der Waals surface area (Å²) in [5.74, 6) is 0.478. The van der Waals surface area contributed by atoms with Crippen LogP contribution in [0.2, 0.25) is 0 Å². The summed E-state index contributed by atoms with van der Waals surface area (Å²) >= 11 is 1.75. The van der Waals surface area contributed by atoms with E-state index in [-0.39, 0.29) is 11.6 Å². The maximum absolute atomic E-state index is 13.0. The Balaban J connectivity index is 1.44. The molecule has 0 atom stereocenters. The van der Waals surface area contributed by atoms with Crippen LogP contribution in [-0.2, 0) is 10.5 Å². The van der Waals surface area contributed by atoms with Gasteiger partial charge in [-0.15, -0.1) is 11.8 Å². The Morgan fingerprint density at radius 3 is 2.41 bits per heavy atom. The third-order valence-electron chi connectivity index (χ3n) is 4.96. The minimum absolute atomic E-state index is 0.0881. The van der Waals surface area contributed by atoms with Crippen molar-refractivity contribution in [2.75, 3.05) is 5.32 Å². The number of anilines is 1. The van der Waals surface area contributed by atoms with Crippen molar-refractivity contribution in [2.24, 2.45) is 0 Å². The average molecular weight is 469 g/mol. The summed E-state index contributed by atoms with van der Waals surface area (Å²) in [6, 6.07) is 28.5. The molecule has 0 radical (unpaired) electrons. The highest BCUT2D eigenvalue weighted by Crippen LogP contribution is 2.23. The minimum atomic E-state index is -0.441. The van der Waals surface area contributed by atoms with Crippen molar-refractivity contribution in [3.8, 4) is 0 Å². The van der Waals surface area contributed by atoms with Gasteiger partial charge in [0.05, 0.1) is 6.26 Å². The SMILES string of the molecule is Cc1cccc(C(=O)N/C(=C\c2ccco2)C(=O)Nc2ccc(CSc3ccccc3)cc2)c1.